The number of methoxy groups -OCH3 is 1. The lowest BCUT2D eigenvalue weighted by Gasteiger charge is -2.19. The van der Waals surface area contributed by atoms with Gasteiger partial charge in [0.1, 0.15) is 11.3 Å². The predicted octanol–water partition coefficient (Wildman–Crippen LogP) is 5.49. The van der Waals surface area contributed by atoms with Gasteiger partial charge in [0.15, 0.2) is 5.75 Å². The molecule has 0 saturated heterocycles. The highest BCUT2D eigenvalue weighted by atomic mass is 19.4. The fraction of sp³-hybridized carbons (Fsp3) is 0.167. The molecule has 0 aliphatic heterocycles. The van der Waals surface area contributed by atoms with Gasteiger partial charge in [0.25, 0.3) is 0 Å². The number of carboxylic acid groups (broad SMARTS) is 1. The highest BCUT2D eigenvalue weighted by Crippen LogP contribution is 2.40. The second kappa shape index (κ2) is 9.84. The molecule has 0 aliphatic rings. The Hall–Kier alpha value is -4.05. The molecule has 0 amide bonds. The quantitative estimate of drug-likeness (QED) is 0.388. The van der Waals surface area contributed by atoms with Crippen molar-refractivity contribution in [2.24, 2.45) is 5.73 Å². The Kier molecular flexibility index (Phi) is 7.11. The zero-order valence-electron chi connectivity index (χ0n) is 18.2. The SMILES string of the molecule is COC(=O)c1ccccc1Oc1ccc(C(F)(F)F)cc1Nc1c(C)cc(CN)cc1C(=O)O. The molecular weight excluding hydrogens is 453 g/mol. The molecule has 0 atom stereocenters. The standard InChI is InChI=1S/C24H21F3N2O5/c1-13-9-14(12-28)10-17(22(30)31)21(13)29-18-11-15(24(25,26)27)7-8-20(18)34-19-6-4-3-5-16(19)23(32)33-2/h3-11,29H,12,28H2,1-2H3,(H,30,31). The lowest BCUT2D eigenvalue weighted by molar-refractivity contribution is -0.137. The molecule has 0 aliphatic carbocycles. The summed E-state index contributed by atoms with van der Waals surface area (Å²) in [7, 11) is 1.19. The van der Waals surface area contributed by atoms with E-state index in [0.717, 1.165) is 18.2 Å². The average Bonchev–Trinajstić information content (AvgIpc) is 2.80. The van der Waals surface area contributed by atoms with E-state index < -0.39 is 23.7 Å². The largest absolute Gasteiger partial charge is 0.478 e. The zero-order valence-corrected chi connectivity index (χ0v) is 18.2. The second-order valence-electron chi connectivity index (χ2n) is 7.27. The molecule has 10 heteroatoms. The van der Waals surface area contributed by atoms with E-state index in [4.69, 9.17) is 15.2 Å². The van der Waals surface area contributed by atoms with Crippen molar-refractivity contribution in [3.8, 4) is 11.5 Å². The van der Waals surface area contributed by atoms with Gasteiger partial charge in [-0.3, -0.25) is 0 Å². The van der Waals surface area contributed by atoms with E-state index in [1.54, 1.807) is 25.1 Å². The number of anilines is 2. The zero-order chi connectivity index (χ0) is 25.0. The summed E-state index contributed by atoms with van der Waals surface area (Å²) in [5.41, 5.74) is 5.47. The van der Waals surface area contributed by atoms with Crippen LogP contribution in [0.3, 0.4) is 0 Å². The van der Waals surface area contributed by atoms with E-state index in [0.29, 0.717) is 11.1 Å². The topological polar surface area (TPSA) is 111 Å². The number of carbonyl (C=O) groups excluding carboxylic acids is 1. The van der Waals surface area contributed by atoms with E-state index in [-0.39, 0.29) is 40.5 Å². The molecule has 0 heterocycles. The maximum Gasteiger partial charge on any atom is 0.416 e. The molecule has 0 bridgehead atoms. The van der Waals surface area contributed by atoms with Crippen molar-refractivity contribution >= 4 is 23.3 Å². The number of halogens is 3. The Morgan fingerprint density at radius 2 is 1.74 bits per heavy atom. The number of nitrogens with one attached hydrogen (secondary N) is 1. The summed E-state index contributed by atoms with van der Waals surface area (Å²) in [5, 5.41) is 12.4. The summed E-state index contributed by atoms with van der Waals surface area (Å²) >= 11 is 0. The van der Waals surface area contributed by atoms with Crippen LogP contribution < -0.4 is 15.8 Å². The van der Waals surface area contributed by atoms with Crippen LogP contribution in [0.2, 0.25) is 0 Å². The van der Waals surface area contributed by atoms with E-state index in [1.165, 1.54) is 25.3 Å². The van der Waals surface area contributed by atoms with Crippen LogP contribution in [0, 0.1) is 6.92 Å². The molecule has 3 aromatic rings. The number of benzene rings is 3. The first-order valence-electron chi connectivity index (χ1n) is 9.95. The first kappa shape index (κ1) is 24.6. The lowest BCUT2D eigenvalue weighted by atomic mass is 10.0. The summed E-state index contributed by atoms with van der Waals surface area (Å²) < 4.78 is 50.8. The first-order chi connectivity index (χ1) is 16.0. The predicted molar refractivity (Wildman–Crippen MR) is 119 cm³/mol. The molecule has 0 spiro atoms. The Balaban J connectivity index is 2.14. The van der Waals surface area contributed by atoms with Gasteiger partial charge in [-0.1, -0.05) is 18.2 Å². The van der Waals surface area contributed by atoms with Crippen molar-refractivity contribution < 1.29 is 37.3 Å². The Morgan fingerprint density at radius 3 is 2.35 bits per heavy atom. The monoisotopic (exact) mass is 474 g/mol. The van der Waals surface area contributed by atoms with Crippen LogP contribution in [0.25, 0.3) is 0 Å². The Morgan fingerprint density at radius 1 is 1.03 bits per heavy atom. The molecule has 34 heavy (non-hydrogen) atoms. The number of para-hydroxylation sites is 1. The molecule has 0 unspecified atom stereocenters. The third kappa shape index (κ3) is 5.29. The van der Waals surface area contributed by atoms with E-state index in [2.05, 4.69) is 5.32 Å². The number of rotatable bonds is 7. The highest BCUT2D eigenvalue weighted by Gasteiger charge is 2.31. The number of alkyl halides is 3. The van der Waals surface area contributed by atoms with Crippen molar-refractivity contribution in [1.82, 2.24) is 0 Å². The Labute approximate surface area is 192 Å². The van der Waals surface area contributed by atoms with E-state index in [9.17, 15) is 27.9 Å². The molecule has 0 saturated carbocycles. The average molecular weight is 474 g/mol. The van der Waals surface area contributed by atoms with Crippen molar-refractivity contribution in [1.29, 1.82) is 0 Å². The van der Waals surface area contributed by atoms with Gasteiger partial charge in [0, 0.05) is 6.54 Å². The maximum atomic E-state index is 13.4. The van der Waals surface area contributed by atoms with Crippen molar-refractivity contribution in [2.45, 2.75) is 19.6 Å². The van der Waals surface area contributed by atoms with Crippen LogP contribution in [0.15, 0.2) is 54.6 Å². The van der Waals surface area contributed by atoms with Gasteiger partial charge in [-0.2, -0.15) is 13.2 Å². The molecular formula is C24H21F3N2O5. The van der Waals surface area contributed by atoms with Crippen LogP contribution in [-0.4, -0.2) is 24.2 Å². The smallest absolute Gasteiger partial charge is 0.416 e. The number of aromatic carboxylic acids is 1. The number of nitrogens with two attached hydrogens (primary N) is 1. The molecule has 3 aromatic carbocycles. The van der Waals surface area contributed by atoms with Crippen LogP contribution in [0.5, 0.6) is 11.5 Å². The van der Waals surface area contributed by atoms with Crippen LogP contribution >= 0.6 is 0 Å². The van der Waals surface area contributed by atoms with Gasteiger partial charge in [-0.25, -0.2) is 9.59 Å². The molecule has 0 fully saturated rings. The molecule has 4 N–H and O–H groups in total. The summed E-state index contributed by atoms with van der Waals surface area (Å²) in [5.74, 6) is -2.00. The molecule has 3 rings (SSSR count). The minimum Gasteiger partial charge on any atom is -0.478 e. The molecule has 0 aromatic heterocycles. The number of hydrogen-bond donors (Lipinski definition) is 3. The Bertz CT molecular complexity index is 1240. The minimum atomic E-state index is -4.66. The van der Waals surface area contributed by atoms with Crippen LogP contribution in [0.1, 0.15) is 37.4 Å². The number of hydrogen-bond acceptors (Lipinski definition) is 6. The van der Waals surface area contributed by atoms with Gasteiger partial charge < -0.3 is 25.6 Å². The number of aryl methyl sites for hydroxylation is 1. The van der Waals surface area contributed by atoms with Gasteiger partial charge >= 0.3 is 18.1 Å². The number of esters is 1. The van der Waals surface area contributed by atoms with E-state index in [1.807, 2.05) is 0 Å². The molecule has 178 valence electrons. The summed E-state index contributed by atoms with van der Waals surface area (Å²) in [6.07, 6.45) is -4.66. The number of carbonyl (C=O) groups is 2. The summed E-state index contributed by atoms with van der Waals surface area (Å²) in [4.78, 5) is 23.9. The van der Waals surface area contributed by atoms with Crippen LogP contribution in [0.4, 0.5) is 24.5 Å². The fourth-order valence-electron chi connectivity index (χ4n) is 3.29. The van der Waals surface area contributed by atoms with Gasteiger partial charge in [0.2, 0.25) is 0 Å². The lowest BCUT2D eigenvalue weighted by Crippen LogP contribution is -2.10. The van der Waals surface area contributed by atoms with Crippen LogP contribution in [-0.2, 0) is 17.5 Å². The number of ether oxygens (including phenoxy) is 2. The normalized spacial score (nSPS) is 11.1. The third-order valence-electron chi connectivity index (χ3n) is 4.94. The third-order valence-corrected chi connectivity index (χ3v) is 4.94. The van der Waals surface area contributed by atoms with Crippen molar-refractivity contribution in [2.75, 3.05) is 12.4 Å². The van der Waals surface area contributed by atoms with Crippen molar-refractivity contribution in [3.05, 3.63) is 82.4 Å². The molecule has 7 nitrogen and oxygen atoms in total. The molecule has 0 radical (unpaired) electrons. The summed E-state index contributed by atoms with van der Waals surface area (Å²) in [6, 6.07) is 11.7. The first-order valence-corrected chi connectivity index (χ1v) is 9.95. The maximum absolute atomic E-state index is 13.4. The van der Waals surface area contributed by atoms with Gasteiger partial charge in [-0.05, 0) is 54.4 Å². The second-order valence-corrected chi connectivity index (χ2v) is 7.27. The fourth-order valence-corrected chi connectivity index (χ4v) is 3.29. The van der Waals surface area contributed by atoms with Gasteiger partial charge in [-0.15, -0.1) is 0 Å². The van der Waals surface area contributed by atoms with E-state index >= 15 is 0 Å². The van der Waals surface area contributed by atoms with Gasteiger partial charge in [0.05, 0.1) is 29.6 Å². The minimum absolute atomic E-state index is 0.0471. The number of carboxylic acids is 1. The highest BCUT2D eigenvalue weighted by molar-refractivity contribution is 5.97. The summed E-state index contributed by atoms with van der Waals surface area (Å²) in [6.45, 7) is 1.69. The van der Waals surface area contributed by atoms with Crippen molar-refractivity contribution in [3.63, 3.8) is 0 Å².